The normalized spacial score (nSPS) is 29.2. The van der Waals surface area contributed by atoms with Crippen LogP contribution >= 0.6 is 0 Å². The number of nitrogens with one attached hydrogen (secondary N) is 1. The topological polar surface area (TPSA) is 254 Å². The van der Waals surface area contributed by atoms with Crippen molar-refractivity contribution in [2.75, 3.05) is 6.61 Å². The molecule has 4 fully saturated rings. The third-order valence-corrected chi connectivity index (χ3v) is 15.9. The van der Waals surface area contributed by atoms with E-state index in [1.54, 1.807) is 76.2 Å². The summed E-state index contributed by atoms with van der Waals surface area (Å²) in [6, 6.07) is 23.8. The Bertz CT molecular complexity index is 2620. The van der Waals surface area contributed by atoms with Crippen molar-refractivity contribution < 1.29 is 81.7 Å². The molecule has 3 aliphatic carbocycles. The molecule has 3 aromatic rings. The van der Waals surface area contributed by atoms with Gasteiger partial charge < -0.3 is 48.7 Å². The van der Waals surface area contributed by atoms with Crippen LogP contribution in [0.4, 0.5) is 4.79 Å². The van der Waals surface area contributed by atoms with Gasteiger partial charge in [-0.05, 0) is 63.8 Å². The first kappa shape index (κ1) is 57.2. The SMILES string of the molecule is CC(=O)O[C@@]12CO[C@@H]1C[C@H](O)[C@@]1(C)C(=O)C(=O)C3C(C)[C@@H](OC(=O)[C@H](OC(=O)CCCCCCC(=O)OCc4ccccc4)[C@@H](NC(=O)OC(C)(C)C)c4ccccc4)C[C@@](O)([C@@H](OC(=O)c4ccccc4)[C@H]21)C3(C)C. The van der Waals surface area contributed by atoms with Gasteiger partial charge in [0.05, 0.1) is 29.6 Å². The number of benzene rings is 3. The van der Waals surface area contributed by atoms with Crippen molar-refractivity contribution in [2.24, 2.45) is 28.6 Å². The lowest BCUT2D eigenvalue weighted by atomic mass is 9.42. The number of Topliss-reactive ketones (excluding diaryl/α,β-unsaturated/α-hetero) is 2. The number of unbranched alkanes of at least 4 members (excludes halogenated alkanes) is 3. The molecule has 76 heavy (non-hydrogen) atoms. The molecule has 2 bridgehead atoms. The Hall–Kier alpha value is -6.50. The smallest absolute Gasteiger partial charge is 0.408 e. The number of carbonyl (C=O) groups is 8. The summed E-state index contributed by atoms with van der Waals surface area (Å²) in [6.45, 7) is 11.8. The summed E-state index contributed by atoms with van der Waals surface area (Å²) in [5.41, 5.74) is -7.86. The number of aliphatic hydroxyl groups is 2. The highest BCUT2D eigenvalue weighted by atomic mass is 16.6. The Morgan fingerprint density at radius 2 is 1.41 bits per heavy atom. The van der Waals surface area contributed by atoms with Gasteiger partial charge in [0.1, 0.15) is 42.2 Å². The van der Waals surface area contributed by atoms with Crippen molar-refractivity contribution in [1.82, 2.24) is 5.32 Å². The molecule has 0 aromatic heterocycles. The summed E-state index contributed by atoms with van der Waals surface area (Å²) in [6.07, 6.45) is -7.88. The molecule has 3 N–H and O–H groups in total. The van der Waals surface area contributed by atoms with Crippen molar-refractivity contribution in [3.05, 3.63) is 108 Å². The van der Waals surface area contributed by atoms with Crippen LogP contribution in [-0.4, -0.2) is 112 Å². The molecular formula is C58H71NO17. The van der Waals surface area contributed by atoms with E-state index in [0.29, 0.717) is 31.2 Å². The molecule has 3 aromatic carbocycles. The second kappa shape index (κ2) is 23.0. The van der Waals surface area contributed by atoms with Gasteiger partial charge in [0.15, 0.2) is 5.60 Å². The predicted octanol–water partition coefficient (Wildman–Crippen LogP) is 7.04. The lowest BCUT2D eigenvalue weighted by Gasteiger charge is -2.67. The monoisotopic (exact) mass is 1050 g/mol. The Morgan fingerprint density at radius 1 is 0.816 bits per heavy atom. The van der Waals surface area contributed by atoms with Gasteiger partial charge in [0.2, 0.25) is 17.7 Å². The van der Waals surface area contributed by atoms with E-state index in [9.17, 15) is 34.2 Å². The Labute approximate surface area is 442 Å². The number of amides is 1. The molecule has 1 saturated heterocycles. The standard InChI is InChI=1S/C58H71NO17/c1-34-39(31-58(69)50(74-51(66)38-26-18-13-19-27-38)48-56(8,49(65)46(64)44(34)55(58,6)7)40(61)30-41-57(48,33-71-41)75-35(2)60)72-52(67)47(45(37-24-16-12-17-25-37)59-53(68)76-54(3,4)5)73-43(63)29-21-10-9-20-28-42(62)70-32-36-22-14-11-15-23-36/h11-19,22-27,34,39-41,44-45,47-48,50,61,69H,9-10,20-21,28-33H2,1-8H3,(H,59,68)/t34?,39-,40-,41+,44?,45-,47+,48-,50-,56+,57-,58+/m0/s1. The van der Waals surface area contributed by atoms with Gasteiger partial charge in [-0.2, -0.15) is 0 Å². The van der Waals surface area contributed by atoms with Gasteiger partial charge in [0, 0.05) is 49.9 Å². The first-order valence-corrected chi connectivity index (χ1v) is 26.0. The number of alkyl carbamates (subject to hydrolysis) is 1. The largest absolute Gasteiger partial charge is 0.461 e. The third kappa shape index (κ3) is 11.7. The fourth-order valence-electron chi connectivity index (χ4n) is 11.9. The summed E-state index contributed by atoms with van der Waals surface area (Å²) >= 11 is 0. The van der Waals surface area contributed by atoms with Crippen LogP contribution in [0.25, 0.3) is 0 Å². The molecule has 12 atom stereocenters. The van der Waals surface area contributed by atoms with E-state index >= 15 is 14.4 Å². The van der Waals surface area contributed by atoms with E-state index in [-0.39, 0.29) is 44.0 Å². The molecule has 18 heteroatoms. The molecule has 4 aliphatic rings. The number of ether oxygens (including phenoxy) is 7. The van der Waals surface area contributed by atoms with E-state index in [0.717, 1.165) is 12.5 Å². The summed E-state index contributed by atoms with van der Waals surface area (Å²) in [7, 11) is 0. The van der Waals surface area contributed by atoms with Crippen molar-refractivity contribution >= 4 is 47.5 Å². The van der Waals surface area contributed by atoms with Gasteiger partial charge in [0.25, 0.3) is 0 Å². The van der Waals surface area contributed by atoms with E-state index in [4.69, 9.17) is 33.2 Å². The number of aliphatic hydroxyl groups excluding tert-OH is 1. The van der Waals surface area contributed by atoms with Gasteiger partial charge in [-0.25, -0.2) is 14.4 Å². The molecule has 3 saturated carbocycles. The molecule has 1 aliphatic heterocycles. The van der Waals surface area contributed by atoms with E-state index in [1.165, 1.54) is 32.9 Å². The molecule has 1 amide bonds. The highest BCUT2D eigenvalue weighted by Crippen LogP contribution is 2.64. The van der Waals surface area contributed by atoms with Crippen LogP contribution in [0, 0.1) is 28.6 Å². The van der Waals surface area contributed by atoms with Crippen molar-refractivity contribution in [3.63, 3.8) is 0 Å². The fraction of sp³-hybridized carbons (Fsp3) is 0.552. The molecular weight excluding hydrogens is 983 g/mol. The second-order valence-corrected chi connectivity index (χ2v) is 22.4. The van der Waals surface area contributed by atoms with Crippen LogP contribution in [0.3, 0.4) is 0 Å². The maximum Gasteiger partial charge on any atom is 0.408 e. The number of ketones is 2. The maximum atomic E-state index is 15.2. The zero-order valence-corrected chi connectivity index (χ0v) is 44.4. The molecule has 18 nitrogen and oxygen atoms in total. The minimum Gasteiger partial charge on any atom is -0.461 e. The molecule has 410 valence electrons. The van der Waals surface area contributed by atoms with E-state index in [1.807, 2.05) is 30.3 Å². The van der Waals surface area contributed by atoms with Crippen LogP contribution < -0.4 is 5.32 Å². The number of esters is 5. The van der Waals surface area contributed by atoms with E-state index in [2.05, 4.69) is 5.32 Å². The Morgan fingerprint density at radius 3 is 1.99 bits per heavy atom. The Balaban J connectivity index is 1.22. The van der Waals surface area contributed by atoms with E-state index < -0.39 is 130 Å². The van der Waals surface area contributed by atoms with Crippen molar-refractivity contribution in [3.8, 4) is 0 Å². The summed E-state index contributed by atoms with van der Waals surface area (Å²) in [5.74, 6) is -10.4. The van der Waals surface area contributed by atoms with Gasteiger partial charge in [-0.15, -0.1) is 0 Å². The third-order valence-electron chi connectivity index (χ3n) is 15.9. The van der Waals surface area contributed by atoms with Crippen molar-refractivity contribution in [2.45, 2.75) is 167 Å². The van der Waals surface area contributed by atoms with Gasteiger partial charge in [-0.3, -0.25) is 24.0 Å². The first-order chi connectivity index (χ1) is 35.8. The second-order valence-electron chi connectivity index (χ2n) is 22.4. The zero-order chi connectivity index (χ0) is 55.4. The van der Waals surface area contributed by atoms with Crippen molar-refractivity contribution in [1.29, 1.82) is 0 Å². The average molecular weight is 1050 g/mol. The Kier molecular flexibility index (Phi) is 17.3. The fourth-order valence-corrected chi connectivity index (χ4v) is 11.9. The number of carbonyl (C=O) groups excluding carboxylic acids is 8. The van der Waals surface area contributed by atoms with Crippen LogP contribution in [0.15, 0.2) is 91.0 Å². The highest BCUT2D eigenvalue weighted by Gasteiger charge is 2.79. The minimum absolute atomic E-state index is 0.0476. The average Bonchev–Trinajstić information content (AvgIpc) is 3.38. The predicted molar refractivity (Wildman–Crippen MR) is 270 cm³/mol. The number of fused-ring (bicyclic) bond motifs is 5. The maximum absolute atomic E-state index is 15.2. The lowest BCUT2D eigenvalue weighted by Crippen LogP contribution is -2.82. The van der Waals surface area contributed by atoms with Gasteiger partial charge in [-0.1, -0.05) is 112 Å². The molecule has 0 radical (unpaired) electrons. The molecule has 7 rings (SSSR count). The number of hydrogen-bond acceptors (Lipinski definition) is 17. The number of rotatable bonds is 18. The molecule has 0 spiro atoms. The first-order valence-electron chi connectivity index (χ1n) is 26.0. The minimum atomic E-state index is -2.44. The van der Waals surface area contributed by atoms with Crippen LogP contribution in [0.5, 0.6) is 0 Å². The summed E-state index contributed by atoms with van der Waals surface area (Å²) in [4.78, 5) is 113. The molecule has 1 heterocycles. The molecule has 2 unspecified atom stereocenters. The van der Waals surface area contributed by atoms with Crippen LogP contribution in [0.2, 0.25) is 0 Å². The van der Waals surface area contributed by atoms with Gasteiger partial charge >= 0.3 is 35.9 Å². The summed E-state index contributed by atoms with van der Waals surface area (Å²) < 4.78 is 41.7. The number of hydrogen-bond donors (Lipinski definition) is 3. The zero-order valence-electron chi connectivity index (χ0n) is 44.4. The highest BCUT2D eigenvalue weighted by molar-refractivity contribution is 6.40. The summed E-state index contributed by atoms with van der Waals surface area (Å²) in [5, 5.41) is 28.5. The quantitative estimate of drug-likeness (QED) is 0.0500. The lowest BCUT2D eigenvalue weighted by molar-refractivity contribution is -0.350. The van der Waals surface area contributed by atoms with Crippen LogP contribution in [0.1, 0.15) is 134 Å². The van der Waals surface area contributed by atoms with Crippen LogP contribution in [-0.2, 0) is 68.5 Å².